The topological polar surface area (TPSA) is 86.6 Å². The van der Waals surface area contributed by atoms with Crippen LogP contribution in [0.3, 0.4) is 0 Å². The molecule has 7 heteroatoms. The average molecular weight is 564 g/mol. The summed E-state index contributed by atoms with van der Waals surface area (Å²) in [6, 6.07) is 32.6. The van der Waals surface area contributed by atoms with Crippen molar-refractivity contribution in [2.45, 2.75) is 11.8 Å². The number of carbonyl (C=O) groups excluding carboxylic acids is 2. The van der Waals surface area contributed by atoms with E-state index in [1.54, 1.807) is 30.8 Å². The molecule has 5 nitrogen and oxygen atoms in total. The molecule has 0 unspecified atom stereocenters. The molecule has 5 aromatic carbocycles. The second-order valence-electron chi connectivity index (χ2n) is 9.19. The number of thiocarbonyl (C=S) groups is 1. The van der Waals surface area contributed by atoms with E-state index < -0.39 is 11.6 Å². The minimum Gasteiger partial charge on any atom is -0.507 e. The molecule has 0 atom stereocenters. The fourth-order valence-electron chi connectivity index (χ4n) is 4.57. The minimum atomic E-state index is -0.446. The number of nitrogens with one attached hydrogen (secondary N) is 1. The van der Waals surface area contributed by atoms with E-state index >= 15 is 0 Å². The Kier molecular flexibility index (Phi) is 7.96. The summed E-state index contributed by atoms with van der Waals surface area (Å²) >= 11 is 7.22. The molecule has 3 N–H and O–H groups in total. The highest BCUT2D eigenvalue weighted by Crippen LogP contribution is 2.39. The molecule has 0 spiro atoms. The standard InChI is InChI=1S/C18H15NS2.C15H10O4/c20-18(13-21-15-9-2-1-3-10-15)19-17-12-6-8-14-7-4-5-11-16(14)17;1-7-6-10(16)11-12(13(7)17)15(19)9-5-3-2-4-8(9)14(11)18/h1-12H,13H2,(H,19,20);2-6,16-17H,1H3. The number of carbonyl (C=O) groups is 2. The van der Waals surface area contributed by atoms with Crippen LogP contribution in [0.25, 0.3) is 10.8 Å². The number of benzene rings is 5. The molecule has 0 aliphatic heterocycles. The Morgan fingerprint density at radius 3 is 2.10 bits per heavy atom. The highest BCUT2D eigenvalue weighted by atomic mass is 32.2. The number of rotatable bonds is 4. The molecule has 5 aromatic rings. The quantitative estimate of drug-likeness (QED) is 0.116. The number of hydrogen-bond donors (Lipinski definition) is 3. The fourth-order valence-corrected chi connectivity index (χ4v) is 5.58. The normalized spacial score (nSPS) is 11.7. The van der Waals surface area contributed by atoms with Crippen LogP contribution in [0.5, 0.6) is 11.5 Å². The maximum Gasteiger partial charge on any atom is 0.198 e. The largest absolute Gasteiger partial charge is 0.507 e. The van der Waals surface area contributed by atoms with Crippen LogP contribution in [0.2, 0.25) is 0 Å². The highest BCUT2D eigenvalue weighted by Gasteiger charge is 2.34. The van der Waals surface area contributed by atoms with Crippen molar-refractivity contribution in [3.8, 4) is 11.5 Å². The lowest BCUT2D eigenvalue weighted by Crippen LogP contribution is -2.21. The van der Waals surface area contributed by atoms with Crippen molar-refractivity contribution in [2.24, 2.45) is 0 Å². The molecule has 1 aliphatic carbocycles. The van der Waals surface area contributed by atoms with Crippen LogP contribution in [0.15, 0.2) is 108 Å². The van der Waals surface area contributed by atoms with Crippen LogP contribution in [0, 0.1) is 6.92 Å². The van der Waals surface area contributed by atoms with Crippen molar-refractivity contribution in [3.05, 3.63) is 131 Å². The van der Waals surface area contributed by atoms with Crippen LogP contribution in [0.1, 0.15) is 37.4 Å². The van der Waals surface area contributed by atoms with E-state index in [4.69, 9.17) is 12.2 Å². The van der Waals surface area contributed by atoms with Gasteiger partial charge in [-0.25, -0.2) is 0 Å². The van der Waals surface area contributed by atoms with Crippen LogP contribution < -0.4 is 5.32 Å². The molecule has 0 aromatic heterocycles. The molecule has 1 aliphatic rings. The Balaban J connectivity index is 0.000000162. The molecule has 198 valence electrons. The number of fused-ring (bicyclic) bond motifs is 3. The van der Waals surface area contributed by atoms with Gasteiger partial charge in [-0.1, -0.05) is 91.1 Å². The molecule has 0 saturated heterocycles. The van der Waals surface area contributed by atoms with Gasteiger partial charge in [0.25, 0.3) is 0 Å². The van der Waals surface area contributed by atoms with Crippen molar-refractivity contribution in [1.82, 2.24) is 0 Å². The van der Waals surface area contributed by atoms with Crippen LogP contribution in [-0.2, 0) is 0 Å². The van der Waals surface area contributed by atoms with Crippen molar-refractivity contribution in [3.63, 3.8) is 0 Å². The lowest BCUT2D eigenvalue weighted by atomic mass is 9.82. The van der Waals surface area contributed by atoms with Gasteiger partial charge < -0.3 is 15.5 Å². The van der Waals surface area contributed by atoms with Crippen molar-refractivity contribution in [1.29, 1.82) is 0 Å². The summed E-state index contributed by atoms with van der Waals surface area (Å²) in [7, 11) is 0. The third-order valence-electron chi connectivity index (χ3n) is 6.52. The van der Waals surface area contributed by atoms with Gasteiger partial charge in [-0.2, -0.15) is 0 Å². The maximum absolute atomic E-state index is 12.4. The molecule has 40 heavy (non-hydrogen) atoms. The van der Waals surface area contributed by atoms with Gasteiger partial charge >= 0.3 is 0 Å². The van der Waals surface area contributed by atoms with E-state index in [1.165, 1.54) is 33.9 Å². The molecule has 0 saturated carbocycles. The van der Waals surface area contributed by atoms with Crippen LogP contribution in [0.4, 0.5) is 5.69 Å². The van der Waals surface area contributed by atoms with Crippen molar-refractivity contribution >= 4 is 57.0 Å². The number of hydrogen-bond acceptors (Lipinski definition) is 6. The molecule has 0 radical (unpaired) electrons. The number of phenolic OH excluding ortho intramolecular Hbond substituents is 2. The van der Waals surface area contributed by atoms with E-state index in [0.717, 1.165) is 16.4 Å². The van der Waals surface area contributed by atoms with Gasteiger partial charge in [0.05, 0.1) is 16.1 Å². The third-order valence-corrected chi connectivity index (χ3v) is 7.98. The zero-order valence-corrected chi connectivity index (χ0v) is 23.2. The van der Waals surface area contributed by atoms with Gasteiger partial charge in [0.15, 0.2) is 11.6 Å². The fraction of sp³-hybridized carbons (Fsp3) is 0.0606. The molecule has 0 bridgehead atoms. The Morgan fingerprint density at radius 1 is 0.775 bits per heavy atom. The summed E-state index contributed by atoms with van der Waals surface area (Å²) in [5, 5.41) is 25.7. The molecular weight excluding hydrogens is 539 g/mol. The Hall–Kier alpha value is -4.46. The predicted molar refractivity (Wildman–Crippen MR) is 165 cm³/mol. The lowest BCUT2D eigenvalue weighted by Gasteiger charge is -2.20. The summed E-state index contributed by atoms with van der Waals surface area (Å²) in [5.74, 6) is -0.638. The van der Waals surface area contributed by atoms with Crippen molar-refractivity contribution < 1.29 is 19.8 Å². The SMILES string of the molecule is Cc1cc(O)c2c(c1O)C(=O)c1ccccc1C2=O.S=C(CSc1ccccc1)Nc1cccc2ccccc12. The lowest BCUT2D eigenvalue weighted by molar-refractivity contribution is 0.0974. The molecule has 0 fully saturated rings. The first-order valence-electron chi connectivity index (χ1n) is 12.5. The van der Waals surface area contributed by atoms with Gasteiger partial charge in [0.1, 0.15) is 11.5 Å². The number of anilines is 1. The number of phenols is 2. The Bertz CT molecular complexity index is 1760. The first-order chi connectivity index (χ1) is 19.3. The molecule has 0 amide bonds. The summed E-state index contributed by atoms with van der Waals surface area (Å²) in [4.78, 5) is 26.8. The van der Waals surface area contributed by atoms with Crippen LogP contribution >= 0.6 is 24.0 Å². The zero-order chi connectivity index (χ0) is 28.2. The van der Waals surface area contributed by atoms with Gasteiger partial charge in [-0.05, 0) is 42.1 Å². The number of aryl methyl sites for hydroxylation is 1. The van der Waals surface area contributed by atoms with Gasteiger partial charge in [-0.3, -0.25) is 9.59 Å². The summed E-state index contributed by atoms with van der Waals surface area (Å²) in [6.07, 6.45) is 0. The van der Waals surface area contributed by atoms with Gasteiger partial charge in [-0.15, -0.1) is 11.8 Å². The molecule has 0 heterocycles. The van der Waals surface area contributed by atoms with Gasteiger partial charge in [0, 0.05) is 32.8 Å². The zero-order valence-electron chi connectivity index (χ0n) is 21.5. The van der Waals surface area contributed by atoms with E-state index in [1.807, 2.05) is 18.2 Å². The second kappa shape index (κ2) is 11.7. The number of thioether (sulfide) groups is 1. The highest BCUT2D eigenvalue weighted by molar-refractivity contribution is 8.01. The van der Waals surface area contributed by atoms with Gasteiger partial charge in [0.2, 0.25) is 0 Å². The third kappa shape index (κ3) is 5.47. The first-order valence-corrected chi connectivity index (χ1v) is 13.9. The summed E-state index contributed by atoms with van der Waals surface area (Å²) in [6.45, 7) is 1.56. The Morgan fingerprint density at radius 2 is 1.38 bits per heavy atom. The van der Waals surface area contributed by atoms with Crippen molar-refractivity contribution in [2.75, 3.05) is 11.1 Å². The number of ketones is 2. The second-order valence-corrected chi connectivity index (χ2v) is 10.7. The van der Waals surface area contributed by atoms with E-state index in [0.29, 0.717) is 5.56 Å². The summed E-state index contributed by atoms with van der Waals surface area (Å²) < 4.78 is 0. The average Bonchev–Trinajstić information content (AvgIpc) is 2.98. The maximum atomic E-state index is 12.4. The smallest absolute Gasteiger partial charge is 0.198 e. The van der Waals surface area contributed by atoms with E-state index in [9.17, 15) is 19.8 Å². The minimum absolute atomic E-state index is 0.110. The van der Waals surface area contributed by atoms with E-state index in [-0.39, 0.29) is 33.8 Å². The monoisotopic (exact) mass is 563 g/mol. The first kappa shape index (κ1) is 27.1. The number of aromatic hydroxyl groups is 2. The van der Waals surface area contributed by atoms with Crippen LogP contribution in [-0.4, -0.2) is 32.5 Å². The molecular formula is C33H25NO4S2. The predicted octanol–water partition coefficient (Wildman–Crippen LogP) is 7.55. The summed E-state index contributed by atoms with van der Waals surface area (Å²) in [5.41, 5.74) is 1.70. The Labute approximate surface area is 241 Å². The van der Waals surface area contributed by atoms with E-state index in [2.05, 4.69) is 59.9 Å². The molecule has 6 rings (SSSR count).